The number of aromatic nitrogens is 3. The zero-order chi connectivity index (χ0) is 23.2. The molecular formula is C24H27N7O2. The fourth-order valence-electron chi connectivity index (χ4n) is 3.29. The molecule has 4 N–H and O–H groups in total. The third-order valence-electron chi connectivity index (χ3n) is 4.97. The van der Waals surface area contributed by atoms with Gasteiger partial charge in [-0.2, -0.15) is 0 Å². The van der Waals surface area contributed by atoms with Crippen LogP contribution in [-0.2, 0) is 6.54 Å². The first-order valence-corrected chi connectivity index (χ1v) is 10.3. The maximum atomic E-state index is 12.5. The highest BCUT2D eigenvalue weighted by molar-refractivity contribution is 5.92. The second-order valence-electron chi connectivity index (χ2n) is 7.35. The Labute approximate surface area is 193 Å². The van der Waals surface area contributed by atoms with Crippen molar-refractivity contribution in [1.29, 1.82) is 5.41 Å². The first-order valence-electron chi connectivity index (χ1n) is 10.3. The van der Waals surface area contributed by atoms with Gasteiger partial charge in [0, 0.05) is 43.3 Å². The Morgan fingerprint density at radius 1 is 1.15 bits per heavy atom. The monoisotopic (exact) mass is 445 g/mol. The highest BCUT2D eigenvalue weighted by atomic mass is 16.5. The molecule has 0 saturated carbocycles. The van der Waals surface area contributed by atoms with Crippen LogP contribution in [0.1, 0.15) is 25.4 Å². The van der Waals surface area contributed by atoms with E-state index in [-0.39, 0.29) is 9.40 Å². The molecule has 0 bridgehead atoms. The van der Waals surface area contributed by atoms with Crippen LogP contribution in [0.15, 0.2) is 65.4 Å². The van der Waals surface area contributed by atoms with Crippen LogP contribution in [-0.4, -0.2) is 27.4 Å². The molecule has 4 rings (SSSR count). The van der Waals surface area contributed by atoms with Gasteiger partial charge in [-0.25, -0.2) is 9.78 Å². The Morgan fingerprint density at radius 3 is 2.73 bits per heavy atom. The van der Waals surface area contributed by atoms with Gasteiger partial charge < -0.3 is 20.6 Å². The Bertz CT molecular complexity index is 1300. The molecule has 3 aromatic heterocycles. The smallest absolute Gasteiger partial charge is 0.320 e. The predicted molar refractivity (Wildman–Crippen MR) is 131 cm³/mol. The van der Waals surface area contributed by atoms with Crippen molar-refractivity contribution in [3.63, 3.8) is 0 Å². The second-order valence-corrected chi connectivity index (χ2v) is 7.35. The van der Waals surface area contributed by atoms with E-state index in [1.165, 1.54) is 6.21 Å². The first-order chi connectivity index (χ1) is 16.0. The number of carbonyl (C=O) groups is 1. The van der Waals surface area contributed by atoms with Crippen LogP contribution in [0.5, 0.6) is 0 Å². The maximum absolute atomic E-state index is 12.5. The molecule has 0 aliphatic heterocycles. The van der Waals surface area contributed by atoms with Crippen LogP contribution in [0.2, 0.25) is 0 Å². The van der Waals surface area contributed by atoms with E-state index < -0.39 is 6.03 Å². The van der Waals surface area contributed by atoms with E-state index >= 15 is 0 Å². The van der Waals surface area contributed by atoms with E-state index in [0.717, 1.165) is 22.5 Å². The average Bonchev–Trinajstić information content (AvgIpc) is 3.19. The highest BCUT2D eigenvalue weighted by Crippen LogP contribution is 2.25. The SMILES string of the molecule is Cc1cc(Nc2cnc(NC(=O)NCc3c(-c4ccccc4)noc3C)cc2C=N)ccn1.[HH].[HH]. The van der Waals surface area contributed by atoms with Crippen LogP contribution in [0.25, 0.3) is 11.3 Å². The Hall–Kier alpha value is -4.53. The largest absolute Gasteiger partial charge is 0.361 e. The number of aryl methyl sites for hydroxylation is 2. The third kappa shape index (κ3) is 5.21. The van der Waals surface area contributed by atoms with Gasteiger partial charge >= 0.3 is 6.03 Å². The molecule has 0 atom stereocenters. The van der Waals surface area contributed by atoms with E-state index in [9.17, 15) is 4.79 Å². The van der Waals surface area contributed by atoms with Crippen molar-refractivity contribution in [2.75, 3.05) is 10.6 Å². The minimum Gasteiger partial charge on any atom is -0.361 e. The topological polar surface area (TPSA) is 129 Å². The Balaban J connectivity index is 0.00000216. The van der Waals surface area contributed by atoms with Gasteiger partial charge in [-0.1, -0.05) is 35.5 Å². The van der Waals surface area contributed by atoms with Crippen molar-refractivity contribution in [3.8, 4) is 11.3 Å². The molecule has 33 heavy (non-hydrogen) atoms. The van der Waals surface area contributed by atoms with Gasteiger partial charge in [0.05, 0.1) is 18.4 Å². The van der Waals surface area contributed by atoms with Crippen LogP contribution in [0.3, 0.4) is 0 Å². The summed E-state index contributed by atoms with van der Waals surface area (Å²) >= 11 is 0. The number of amides is 2. The molecule has 0 unspecified atom stereocenters. The summed E-state index contributed by atoms with van der Waals surface area (Å²) in [5, 5.41) is 20.6. The molecule has 9 nitrogen and oxygen atoms in total. The Morgan fingerprint density at radius 2 is 1.97 bits per heavy atom. The number of hydrogen-bond donors (Lipinski definition) is 4. The fourth-order valence-corrected chi connectivity index (χ4v) is 3.29. The number of pyridine rings is 2. The minimum atomic E-state index is -0.427. The van der Waals surface area contributed by atoms with Gasteiger partial charge in [0.25, 0.3) is 0 Å². The number of nitrogens with zero attached hydrogens (tertiary/aromatic N) is 3. The van der Waals surface area contributed by atoms with E-state index in [0.29, 0.717) is 28.5 Å². The molecule has 0 fully saturated rings. The van der Waals surface area contributed by atoms with E-state index in [1.807, 2.05) is 56.3 Å². The zero-order valence-corrected chi connectivity index (χ0v) is 18.2. The second kappa shape index (κ2) is 9.73. The predicted octanol–water partition coefficient (Wildman–Crippen LogP) is 5.30. The number of nitrogens with one attached hydrogen (secondary N) is 4. The van der Waals surface area contributed by atoms with Crippen LogP contribution in [0.4, 0.5) is 22.0 Å². The van der Waals surface area contributed by atoms with Crippen molar-refractivity contribution >= 4 is 29.4 Å². The van der Waals surface area contributed by atoms with Gasteiger partial charge in [0.1, 0.15) is 17.3 Å². The number of benzene rings is 1. The van der Waals surface area contributed by atoms with Crippen molar-refractivity contribution < 1.29 is 12.2 Å². The summed E-state index contributed by atoms with van der Waals surface area (Å²) in [7, 11) is 0. The molecule has 0 spiro atoms. The highest BCUT2D eigenvalue weighted by Gasteiger charge is 2.16. The molecule has 0 radical (unpaired) electrons. The molecule has 170 valence electrons. The van der Waals surface area contributed by atoms with Crippen molar-refractivity contribution in [2.45, 2.75) is 20.4 Å². The molecule has 9 heteroatoms. The van der Waals surface area contributed by atoms with E-state index in [2.05, 4.69) is 31.1 Å². The molecule has 1 aromatic carbocycles. The first kappa shape index (κ1) is 21.7. The summed E-state index contributed by atoms with van der Waals surface area (Å²) in [6.07, 6.45) is 4.48. The molecule has 2 amide bonds. The number of rotatable bonds is 7. The lowest BCUT2D eigenvalue weighted by Crippen LogP contribution is -2.29. The van der Waals surface area contributed by atoms with Gasteiger partial charge in [-0.05, 0) is 32.0 Å². The lowest BCUT2D eigenvalue weighted by molar-refractivity contribution is 0.251. The fraction of sp³-hybridized carbons (Fsp3) is 0.125. The van der Waals surface area contributed by atoms with Gasteiger partial charge in [-0.15, -0.1) is 0 Å². The number of urea groups is 1. The number of carbonyl (C=O) groups excluding carboxylic acids is 1. The minimum absolute atomic E-state index is 0. The Kier molecular flexibility index (Phi) is 6.40. The van der Waals surface area contributed by atoms with E-state index in [4.69, 9.17) is 9.93 Å². The molecule has 0 aliphatic carbocycles. The average molecular weight is 446 g/mol. The summed E-state index contributed by atoms with van der Waals surface area (Å²) in [6, 6.07) is 14.6. The van der Waals surface area contributed by atoms with Crippen molar-refractivity contribution in [3.05, 3.63) is 83.5 Å². The third-order valence-corrected chi connectivity index (χ3v) is 4.97. The van der Waals surface area contributed by atoms with Crippen LogP contribution >= 0.6 is 0 Å². The molecule has 4 aromatic rings. The standard InChI is InChI=1S/C24H23N7O2.2H2/c1-15-10-19(8-9-26-15)29-21-14-27-22(11-18(21)12-25)30-24(32)28-13-20-16(2)33-31-23(20)17-6-4-3-5-7-17;;/h3-12,14,25H,13H2,1-2H3,(H,26,29)(H2,27,28,30,32);2*1H. The summed E-state index contributed by atoms with van der Waals surface area (Å²) in [6.45, 7) is 3.95. The van der Waals surface area contributed by atoms with Crippen LogP contribution < -0.4 is 16.0 Å². The van der Waals surface area contributed by atoms with Crippen LogP contribution in [0, 0.1) is 19.3 Å². The van der Waals surface area contributed by atoms with Crippen molar-refractivity contribution in [1.82, 2.24) is 20.4 Å². The van der Waals surface area contributed by atoms with Gasteiger partial charge in [0.2, 0.25) is 0 Å². The normalized spacial score (nSPS) is 10.5. The van der Waals surface area contributed by atoms with Gasteiger partial charge in [0.15, 0.2) is 0 Å². The molecule has 3 heterocycles. The molecule has 0 saturated heterocycles. The van der Waals surface area contributed by atoms with E-state index in [1.54, 1.807) is 18.5 Å². The summed E-state index contributed by atoms with van der Waals surface area (Å²) in [5.74, 6) is 0.966. The summed E-state index contributed by atoms with van der Waals surface area (Å²) in [5.41, 5.74) is 5.35. The number of anilines is 3. The van der Waals surface area contributed by atoms with Gasteiger partial charge in [-0.3, -0.25) is 10.3 Å². The van der Waals surface area contributed by atoms with Crippen molar-refractivity contribution in [2.24, 2.45) is 0 Å². The molecule has 0 aliphatic rings. The number of hydrogen-bond acceptors (Lipinski definition) is 7. The molecular weight excluding hydrogens is 418 g/mol. The maximum Gasteiger partial charge on any atom is 0.320 e. The lowest BCUT2D eigenvalue weighted by atomic mass is 10.1. The quantitative estimate of drug-likeness (QED) is 0.286. The lowest BCUT2D eigenvalue weighted by Gasteiger charge is -2.12. The summed E-state index contributed by atoms with van der Waals surface area (Å²) in [4.78, 5) is 20.9. The summed E-state index contributed by atoms with van der Waals surface area (Å²) < 4.78 is 5.33. The zero-order valence-electron chi connectivity index (χ0n) is 18.2.